The Morgan fingerprint density at radius 1 is 1.41 bits per heavy atom. The highest BCUT2D eigenvalue weighted by molar-refractivity contribution is 6.32. The molecule has 94 valence electrons. The highest BCUT2D eigenvalue weighted by Crippen LogP contribution is 2.35. The van der Waals surface area contributed by atoms with Gasteiger partial charge in [-0.05, 0) is 37.3 Å². The summed E-state index contributed by atoms with van der Waals surface area (Å²) in [5.41, 5.74) is 6.53. The van der Waals surface area contributed by atoms with Gasteiger partial charge in [-0.2, -0.15) is 0 Å². The number of hydrogen-bond acceptors (Lipinski definition) is 2. The molecule has 0 bridgehead atoms. The molecule has 3 heteroatoms. The van der Waals surface area contributed by atoms with Crippen LogP contribution in [0.15, 0.2) is 18.2 Å². The van der Waals surface area contributed by atoms with Crippen LogP contribution in [-0.4, -0.2) is 6.10 Å². The van der Waals surface area contributed by atoms with E-state index in [9.17, 15) is 0 Å². The Labute approximate surface area is 108 Å². The molecule has 17 heavy (non-hydrogen) atoms. The molecule has 2 N–H and O–H groups in total. The third-order valence-corrected chi connectivity index (χ3v) is 3.89. The molecule has 2 nitrogen and oxygen atoms in total. The number of rotatable bonds is 3. The molecule has 2 atom stereocenters. The second-order valence-corrected chi connectivity index (χ2v) is 5.25. The third-order valence-electron chi connectivity index (χ3n) is 3.59. The summed E-state index contributed by atoms with van der Waals surface area (Å²) < 4.78 is 5.99. The maximum Gasteiger partial charge on any atom is 0.161 e. The summed E-state index contributed by atoms with van der Waals surface area (Å²) >= 11 is 6.11. The van der Waals surface area contributed by atoms with Crippen molar-refractivity contribution in [1.29, 1.82) is 0 Å². The van der Waals surface area contributed by atoms with Crippen LogP contribution < -0.4 is 10.5 Å². The van der Waals surface area contributed by atoms with E-state index in [1.807, 2.05) is 18.2 Å². The van der Waals surface area contributed by atoms with Gasteiger partial charge >= 0.3 is 0 Å². The monoisotopic (exact) mass is 253 g/mol. The highest BCUT2D eigenvalue weighted by Gasteiger charge is 2.23. The predicted octanol–water partition coefficient (Wildman–Crippen LogP) is 4.27. The SMILES string of the molecule is CCC1CCCC(Oc2c(N)cccc2Cl)C1. The van der Waals surface area contributed by atoms with Crippen molar-refractivity contribution in [3.63, 3.8) is 0 Å². The van der Waals surface area contributed by atoms with Crippen LogP contribution in [0.4, 0.5) is 5.69 Å². The lowest BCUT2D eigenvalue weighted by molar-refractivity contribution is 0.123. The molecule has 1 aromatic rings. The molecule has 1 aliphatic rings. The smallest absolute Gasteiger partial charge is 0.161 e. The van der Waals surface area contributed by atoms with Crippen LogP contribution >= 0.6 is 11.6 Å². The number of halogens is 1. The van der Waals surface area contributed by atoms with Gasteiger partial charge in [0.25, 0.3) is 0 Å². The molecule has 2 rings (SSSR count). The number of anilines is 1. The molecular weight excluding hydrogens is 234 g/mol. The first kappa shape index (κ1) is 12.6. The molecule has 0 heterocycles. The fourth-order valence-electron chi connectivity index (χ4n) is 2.54. The fraction of sp³-hybridized carbons (Fsp3) is 0.571. The highest BCUT2D eigenvalue weighted by atomic mass is 35.5. The minimum Gasteiger partial charge on any atom is -0.487 e. The van der Waals surface area contributed by atoms with E-state index in [1.54, 1.807) is 0 Å². The molecule has 0 saturated heterocycles. The molecule has 1 fully saturated rings. The van der Waals surface area contributed by atoms with Crippen molar-refractivity contribution < 1.29 is 4.74 Å². The Balaban J connectivity index is 2.05. The lowest BCUT2D eigenvalue weighted by Gasteiger charge is -2.29. The molecule has 0 spiro atoms. The zero-order chi connectivity index (χ0) is 12.3. The zero-order valence-corrected chi connectivity index (χ0v) is 11.0. The van der Waals surface area contributed by atoms with Gasteiger partial charge in [-0.15, -0.1) is 0 Å². The number of ether oxygens (including phenoxy) is 1. The lowest BCUT2D eigenvalue weighted by Crippen LogP contribution is -2.25. The number of hydrogen-bond donors (Lipinski definition) is 1. The molecular formula is C14H20ClNO. The van der Waals surface area contributed by atoms with E-state index in [2.05, 4.69) is 6.92 Å². The van der Waals surface area contributed by atoms with Crippen molar-refractivity contribution in [3.8, 4) is 5.75 Å². The van der Waals surface area contributed by atoms with Gasteiger partial charge < -0.3 is 10.5 Å². The van der Waals surface area contributed by atoms with E-state index in [4.69, 9.17) is 22.1 Å². The summed E-state index contributed by atoms with van der Waals surface area (Å²) in [5, 5.41) is 0.614. The van der Waals surface area contributed by atoms with Crippen LogP contribution in [-0.2, 0) is 0 Å². The predicted molar refractivity (Wildman–Crippen MR) is 72.5 cm³/mol. The topological polar surface area (TPSA) is 35.2 Å². The first-order valence-electron chi connectivity index (χ1n) is 6.41. The van der Waals surface area contributed by atoms with Gasteiger partial charge in [0.15, 0.2) is 5.75 Å². The largest absolute Gasteiger partial charge is 0.487 e. The molecule has 0 aliphatic heterocycles. The Hall–Kier alpha value is -0.890. The van der Waals surface area contributed by atoms with Gasteiger partial charge in [0.05, 0.1) is 16.8 Å². The van der Waals surface area contributed by atoms with Crippen LogP contribution in [0.25, 0.3) is 0 Å². The van der Waals surface area contributed by atoms with Gasteiger partial charge in [-0.1, -0.05) is 37.4 Å². The van der Waals surface area contributed by atoms with E-state index in [1.165, 1.54) is 19.3 Å². The maximum absolute atomic E-state index is 6.11. The normalized spacial score (nSPS) is 24.6. The Kier molecular flexibility index (Phi) is 4.16. The summed E-state index contributed by atoms with van der Waals surface area (Å²) in [6.07, 6.45) is 6.32. The number of nitrogen functional groups attached to an aromatic ring is 1. The van der Waals surface area contributed by atoms with Gasteiger partial charge in [0, 0.05) is 0 Å². The minimum absolute atomic E-state index is 0.274. The summed E-state index contributed by atoms with van der Waals surface area (Å²) in [4.78, 5) is 0. The standard InChI is InChI=1S/C14H20ClNO/c1-2-10-5-3-6-11(9-10)17-14-12(15)7-4-8-13(14)16/h4,7-8,10-11H,2-3,5-6,9,16H2,1H3. The van der Waals surface area contributed by atoms with E-state index in [0.29, 0.717) is 16.5 Å². The Bertz CT molecular complexity index is 360. The third kappa shape index (κ3) is 3.06. The second-order valence-electron chi connectivity index (χ2n) is 4.84. The van der Waals surface area contributed by atoms with Gasteiger partial charge in [-0.3, -0.25) is 0 Å². The van der Waals surface area contributed by atoms with E-state index in [0.717, 1.165) is 18.8 Å². The molecule has 0 aromatic heterocycles. The Morgan fingerprint density at radius 3 is 2.94 bits per heavy atom. The zero-order valence-electron chi connectivity index (χ0n) is 10.3. The summed E-state index contributed by atoms with van der Waals surface area (Å²) in [5.74, 6) is 1.45. The van der Waals surface area contributed by atoms with E-state index in [-0.39, 0.29) is 6.10 Å². The average Bonchev–Trinajstić information content (AvgIpc) is 2.34. The second kappa shape index (κ2) is 5.63. The lowest BCUT2D eigenvalue weighted by atomic mass is 9.85. The molecule has 0 amide bonds. The van der Waals surface area contributed by atoms with Gasteiger partial charge in [0.2, 0.25) is 0 Å². The van der Waals surface area contributed by atoms with Crippen molar-refractivity contribution in [2.24, 2.45) is 5.92 Å². The molecule has 1 saturated carbocycles. The average molecular weight is 254 g/mol. The number of benzene rings is 1. The van der Waals surface area contributed by atoms with Crippen molar-refractivity contribution in [2.75, 3.05) is 5.73 Å². The first-order valence-corrected chi connectivity index (χ1v) is 6.79. The fourth-order valence-corrected chi connectivity index (χ4v) is 2.76. The summed E-state index contributed by atoms with van der Waals surface area (Å²) in [6.45, 7) is 2.25. The summed E-state index contributed by atoms with van der Waals surface area (Å²) in [6, 6.07) is 5.51. The Morgan fingerprint density at radius 2 is 2.24 bits per heavy atom. The number of nitrogens with two attached hydrogens (primary N) is 1. The minimum atomic E-state index is 0.274. The van der Waals surface area contributed by atoms with Crippen LogP contribution in [0.1, 0.15) is 39.0 Å². The quantitative estimate of drug-likeness (QED) is 0.817. The van der Waals surface area contributed by atoms with E-state index >= 15 is 0 Å². The molecule has 1 aromatic carbocycles. The van der Waals surface area contributed by atoms with E-state index < -0.39 is 0 Å². The molecule has 1 aliphatic carbocycles. The van der Waals surface area contributed by atoms with Crippen LogP contribution in [0, 0.1) is 5.92 Å². The van der Waals surface area contributed by atoms with Crippen LogP contribution in [0.5, 0.6) is 5.75 Å². The van der Waals surface area contributed by atoms with Crippen molar-refractivity contribution in [1.82, 2.24) is 0 Å². The number of para-hydroxylation sites is 1. The maximum atomic E-state index is 6.11. The molecule has 0 radical (unpaired) electrons. The summed E-state index contributed by atoms with van der Waals surface area (Å²) in [7, 11) is 0. The van der Waals surface area contributed by atoms with Gasteiger partial charge in [-0.25, -0.2) is 0 Å². The van der Waals surface area contributed by atoms with Crippen molar-refractivity contribution in [3.05, 3.63) is 23.2 Å². The van der Waals surface area contributed by atoms with Gasteiger partial charge in [0.1, 0.15) is 0 Å². The van der Waals surface area contributed by atoms with Crippen molar-refractivity contribution in [2.45, 2.75) is 45.1 Å². The van der Waals surface area contributed by atoms with Crippen LogP contribution in [0.2, 0.25) is 5.02 Å². The molecule has 2 unspecified atom stereocenters. The van der Waals surface area contributed by atoms with Crippen LogP contribution in [0.3, 0.4) is 0 Å². The van der Waals surface area contributed by atoms with Crippen molar-refractivity contribution >= 4 is 17.3 Å². The first-order chi connectivity index (χ1) is 8.20.